The number of carbonyl (C=O) groups excluding carboxylic acids is 1. The molecular weight excluding hydrogens is 256 g/mol. The van der Waals surface area contributed by atoms with E-state index in [1.54, 1.807) is 20.8 Å². The summed E-state index contributed by atoms with van der Waals surface area (Å²) in [5.74, 6) is -2.44. The lowest BCUT2D eigenvalue weighted by atomic mass is 9.80. The highest BCUT2D eigenvalue weighted by Gasteiger charge is 2.37. The zero-order valence-corrected chi connectivity index (χ0v) is 13.1. The van der Waals surface area contributed by atoms with Crippen LogP contribution in [0.4, 0.5) is 0 Å². The van der Waals surface area contributed by atoms with Crippen LogP contribution in [0.1, 0.15) is 46.5 Å². The van der Waals surface area contributed by atoms with E-state index in [1.165, 1.54) is 25.7 Å². The van der Waals surface area contributed by atoms with Gasteiger partial charge in [-0.2, -0.15) is 0 Å². The summed E-state index contributed by atoms with van der Waals surface area (Å²) in [6.45, 7) is 6.60. The van der Waals surface area contributed by atoms with E-state index in [1.807, 2.05) is 0 Å². The van der Waals surface area contributed by atoms with Crippen LogP contribution >= 0.6 is 0 Å². The van der Waals surface area contributed by atoms with Crippen molar-refractivity contribution in [1.29, 1.82) is 0 Å². The maximum atomic E-state index is 12.0. The highest BCUT2D eigenvalue weighted by Crippen LogP contribution is 2.26. The molecule has 20 heavy (non-hydrogen) atoms. The van der Waals surface area contributed by atoms with Crippen LogP contribution in [0.2, 0.25) is 0 Å². The van der Waals surface area contributed by atoms with E-state index in [0.717, 1.165) is 6.54 Å². The summed E-state index contributed by atoms with van der Waals surface area (Å²) in [6.07, 6.45) is 5.02. The summed E-state index contributed by atoms with van der Waals surface area (Å²) in [5.41, 5.74) is -0.576. The largest absolute Gasteiger partial charge is 0.481 e. The molecule has 0 aliphatic heterocycles. The first kappa shape index (κ1) is 17.0. The number of amides is 1. The summed E-state index contributed by atoms with van der Waals surface area (Å²) < 4.78 is 0. The molecule has 1 aliphatic rings. The number of rotatable bonds is 6. The molecule has 5 nitrogen and oxygen atoms in total. The Bertz CT molecular complexity index is 344. The van der Waals surface area contributed by atoms with E-state index in [9.17, 15) is 14.7 Å². The lowest BCUT2D eigenvalue weighted by Crippen LogP contribution is -2.45. The number of aliphatic carboxylic acids is 1. The van der Waals surface area contributed by atoms with Crippen molar-refractivity contribution in [3.8, 4) is 0 Å². The van der Waals surface area contributed by atoms with Crippen molar-refractivity contribution in [3.63, 3.8) is 0 Å². The van der Waals surface area contributed by atoms with Crippen LogP contribution in [0.5, 0.6) is 0 Å². The maximum Gasteiger partial charge on any atom is 0.316 e. The minimum atomic E-state index is -1.06. The summed E-state index contributed by atoms with van der Waals surface area (Å²) in [7, 11) is 2.07. The quantitative estimate of drug-likeness (QED) is 0.729. The van der Waals surface area contributed by atoms with Crippen molar-refractivity contribution in [2.24, 2.45) is 11.3 Å². The SMILES string of the molecule is CN(CCNC(=O)C(C(=O)O)C(C)(C)C)C1CCCC1. The highest BCUT2D eigenvalue weighted by atomic mass is 16.4. The Hall–Kier alpha value is -1.10. The standard InChI is InChI=1S/C15H28N2O3/c1-15(2,3)12(14(19)20)13(18)16-9-10-17(4)11-7-5-6-8-11/h11-12H,5-10H2,1-4H3,(H,16,18)(H,19,20). The number of carboxylic acids is 1. The Kier molecular flexibility index (Phi) is 5.99. The van der Waals surface area contributed by atoms with Crippen molar-refractivity contribution < 1.29 is 14.7 Å². The van der Waals surface area contributed by atoms with Crippen LogP contribution < -0.4 is 5.32 Å². The van der Waals surface area contributed by atoms with Gasteiger partial charge in [-0.15, -0.1) is 0 Å². The van der Waals surface area contributed by atoms with Crippen LogP contribution in [0.15, 0.2) is 0 Å². The van der Waals surface area contributed by atoms with Gasteiger partial charge in [-0.1, -0.05) is 33.6 Å². The Morgan fingerprint density at radius 2 is 1.85 bits per heavy atom. The van der Waals surface area contributed by atoms with Crippen molar-refractivity contribution >= 4 is 11.9 Å². The molecule has 116 valence electrons. The fraction of sp³-hybridized carbons (Fsp3) is 0.867. The molecular formula is C15H28N2O3. The third kappa shape index (κ3) is 4.78. The van der Waals surface area contributed by atoms with Gasteiger partial charge in [0, 0.05) is 19.1 Å². The number of hydrogen-bond donors (Lipinski definition) is 2. The zero-order valence-electron chi connectivity index (χ0n) is 13.1. The molecule has 2 N–H and O–H groups in total. The van der Waals surface area contributed by atoms with Gasteiger partial charge in [-0.3, -0.25) is 9.59 Å². The number of nitrogens with one attached hydrogen (secondary N) is 1. The van der Waals surface area contributed by atoms with E-state index in [4.69, 9.17) is 0 Å². The number of carboxylic acid groups (broad SMARTS) is 1. The van der Waals surface area contributed by atoms with Crippen LogP contribution in [0.25, 0.3) is 0 Å². The Morgan fingerprint density at radius 3 is 2.30 bits per heavy atom. The zero-order chi connectivity index (χ0) is 15.3. The van der Waals surface area contributed by atoms with Gasteiger partial charge in [0.05, 0.1) is 0 Å². The number of likely N-dealkylation sites (N-methyl/N-ethyl adjacent to an activating group) is 1. The molecule has 1 aliphatic carbocycles. The Morgan fingerprint density at radius 1 is 1.30 bits per heavy atom. The topological polar surface area (TPSA) is 69.6 Å². The third-order valence-electron chi connectivity index (χ3n) is 4.09. The molecule has 0 radical (unpaired) electrons. The summed E-state index contributed by atoms with van der Waals surface area (Å²) in [6, 6.07) is 0.616. The smallest absolute Gasteiger partial charge is 0.316 e. The average Bonchev–Trinajstić information content (AvgIpc) is 2.79. The van der Waals surface area contributed by atoms with Gasteiger partial charge in [-0.05, 0) is 25.3 Å². The van der Waals surface area contributed by atoms with Gasteiger partial charge >= 0.3 is 5.97 Å². The fourth-order valence-electron chi connectivity index (χ4n) is 2.86. The van der Waals surface area contributed by atoms with Crippen LogP contribution in [-0.2, 0) is 9.59 Å². The van der Waals surface area contributed by atoms with Gasteiger partial charge in [-0.25, -0.2) is 0 Å². The second-order valence-corrected chi connectivity index (χ2v) is 6.85. The van der Waals surface area contributed by atoms with Crippen molar-refractivity contribution in [2.75, 3.05) is 20.1 Å². The molecule has 0 spiro atoms. The van der Waals surface area contributed by atoms with Crippen LogP contribution in [0, 0.1) is 11.3 Å². The molecule has 0 aromatic rings. The molecule has 1 unspecified atom stereocenters. The molecule has 1 fully saturated rings. The van der Waals surface area contributed by atoms with Gasteiger partial charge in [0.25, 0.3) is 0 Å². The molecule has 1 amide bonds. The van der Waals surface area contributed by atoms with Gasteiger partial charge in [0.1, 0.15) is 5.92 Å². The maximum absolute atomic E-state index is 12.0. The normalized spacial score (nSPS) is 18.2. The summed E-state index contributed by atoms with van der Waals surface area (Å²) >= 11 is 0. The highest BCUT2D eigenvalue weighted by molar-refractivity contribution is 5.97. The lowest BCUT2D eigenvalue weighted by Gasteiger charge is -2.27. The van der Waals surface area contributed by atoms with E-state index in [2.05, 4.69) is 17.3 Å². The van der Waals surface area contributed by atoms with E-state index < -0.39 is 17.3 Å². The molecule has 0 saturated heterocycles. The predicted molar refractivity (Wildman–Crippen MR) is 78.5 cm³/mol. The average molecular weight is 284 g/mol. The number of nitrogens with zero attached hydrogens (tertiary/aromatic N) is 1. The third-order valence-corrected chi connectivity index (χ3v) is 4.09. The van der Waals surface area contributed by atoms with Gasteiger partial charge < -0.3 is 15.3 Å². The second-order valence-electron chi connectivity index (χ2n) is 6.85. The molecule has 1 atom stereocenters. The van der Waals surface area contributed by atoms with E-state index in [-0.39, 0.29) is 5.91 Å². The first-order valence-corrected chi connectivity index (χ1v) is 7.44. The Balaban J connectivity index is 2.39. The first-order valence-electron chi connectivity index (χ1n) is 7.44. The predicted octanol–water partition coefficient (Wildman–Crippen LogP) is 1.72. The van der Waals surface area contributed by atoms with Crippen molar-refractivity contribution in [1.82, 2.24) is 10.2 Å². The monoisotopic (exact) mass is 284 g/mol. The second kappa shape index (κ2) is 7.07. The molecule has 0 bridgehead atoms. The Labute approximate surface area is 121 Å². The number of carbonyl (C=O) groups is 2. The minimum Gasteiger partial charge on any atom is -0.481 e. The molecule has 0 heterocycles. The van der Waals surface area contributed by atoms with Gasteiger partial charge in [0.2, 0.25) is 5.91 Å². The first-order chi connectivity index (χ1) is 9.23. The van der Waals surface area contributed by atoms with Crippen LogP contribution in [0.3, 0.4) is 0 Å². The van der Waals surface area contributed by atoms with E-state index in [0.29, 0.717) is 12.6 Å². The van der Waals surface area contributed by atoms with Crippen LogP contribution in [-0.4, -0.2) is 48.1 Å². The van der Waals surface area contributed by atoms with Gasteiger partial charge in [0.15, 0.2) is 0 Å². The molecule has 1 rings (SSSR count). The molecule has 1 saturated carbocycles. The number of hydrogen-bond acceptors (Lipinski definition) is 3. The van der Waals surface area contributed by atoms with Crippen molar-refractivity contribution in [3.05, 3.63) is 0 Å². The van der Waals surface area contributed by atoms with Crippen molar-refractivity contribution in [2.45, 2.75) is 52.5 Å². The molecule has 5 heteroatoms. The fourth-order valence-corrected chi connectivity index (χ4v) is 2.86. The summed E-state index contributed by atoms with van der Waals surface area (Å²) in [4.78, 5) is 25.5. The lowest BCUT2D eigenvalue weighted by molar-refractivity contribution is -0.151. The molecule has 0 aromatic carbocycles. The summed E-state index contributed by atoms with van der Waals surface area (Å²) in [5, 5.41) is 12.0. The minimum absolute atomic E-state index is 0.384. The van der Waals surface area contributed by atoms with E-state index >= 15 is 0 Å². The molecule has 0 aromatic heterocycles.